The number of hydrogen-bond donors (Lipinski definition) is 2. The van der Waals surface area contributed by atoms with Gasteiger partial charge in [-0.1, -0.05) is 35.8 Å². The Morgan fingerprint density at radius 3 is 1.94 bits per heavy atom. The molecule has 1 aromatic rings. The zero-order valence-corrected chi connectivity index (χ0v) is 12.1. The topological polar surface area (TPSA) is 85.1 Å². The Kier molecular flexibility index (Phi) is 7.94. The molecule has 0 bridgehead atoms. The predicted octanol–water partition coefficient (Wildman–Crippen LogP) is 2.22. The molecule has 0 atom stereocenters. The van der Waals surface area contributed by atoms with Crippen LogP contribution in [-0.4, -0.2) is 21.2 Å². The van der Waals surface area contributed by atoms with Gasteiger partial charge in [0.25, 0.3) is 0 Å². The lowest BCUT2D eigenvalue weighted by molar-refractivity contribution is -0.122. The van der Waals surface area contributed by atoms with Crippen LogP contribution in [0.5, 0.6) is 0 Å². The Bertz CT molecular complexity index is 340. The van der Waals surface area contributed by atoms with Gasteiger partial charge in [0.05, 0.1) is 0 Å². The minimum Gasteiger partial charge on any atom is -0.351 e. The van der Waals surface area contributed by atoms with E-state index in [9.17, 15) is 9.59 Å². The molecule has 0 radical (unpaired) electrons. The summed E-state index contributed by atoms with van der Waals surface area (Å²) >= 11 is 3.26. The molecular weight excluding hydrogens is 298 g/mol. The number of carbonyl (C=O) groups is 2. The smallest absolute Gasteiger partial charge is 0.318 e. The number of pyridine rings is 1. The van der Waals surface area contributed by atoms with Crippen molar-refractivity contribution in [2.45, 2.75) is 31.0 Å². The largest absolute Gasteiger partial charge is 0.351 e. The predicted molar refractivity (Wildman–Crippen MR) is 74.2 cm³/mol. The molecule has 1 aromatic heterocycles. The fourth-order valence-corrected chi connectivity index (χ4v) is 1.21. The van der Waals surface area contributed by atoms with Crippen molar-refractivity contribution < 1.29 is 9.59 Å². The quantitative estimate of drug-likeness (QED) is 0.839. The van der Waals surface area contributed by atoms with Gasteiger partial charge in [0.1, 0.15) is 4.32 Å². The third-order valence-corrected chi connectivity index (χ3v) is 3.81. The summed E-state index contributed by atoms with van der Waals surface area (Å²) in [6.45, 7) is 3.72. The minimum absolute atomic E-state index is 0.375. The maximum atomic E-state index is 11.3. The van der Waals surface area contributed by atoms with E-state index in [-0.39, 0.29) is 5.91 Å². The van der Waals surface area contributed by atoms with Gasteiger partial charge in [-0.05, 0) is 25.0 Å². The fourth-order valence-electron chi connectivity index (χ4n) is 1.11. The van der Waals surface area contributed by atoms with Gasteiger partial charge in [-0.3, -0.25) is 15.1 Å². The number of primary amides is 1. The molecule has 0 aliphatic carbocycles. The van der Waals surface area contributed by atoms with Gasteiger partial charge in [0.15, 0.2) is 0 Å². The maximum Gasteiger partial charge on any atom is 0.318 e. The summed E-state index contributed by atoms with van der Waals surface area (Å²) in [6, 6.07) is 4.90. The number of amides is 3. The van der Waals surface area contributed by atoms with Gasteiger partial charge >= 0.3 is 6.03 Å². The SMILES string of the molecule is CCC(Br)(CC)C(=O)NC(N)=O.c1ccncc1. The van der Waals surface area contributed by atoms with Crippen molar-refractivity contribution >= 4 is 27.9 Å². The van der Waals surface area contributed by atoms with Gasteiger partial charge in [0.2, 0.25) is 5.91 Å². The van der Waals surface area contributed by atoms with Crippen LogP contribution in [0.4, 0.5) is 4.79 Å². The Hall–Kier alpha value is -1.43. The van der Waals surface area contributed by atoms with E-state index in [0.29, 0.717) is 12.8 Å². The zero-order chi connectivity index (χ0) is 14.0. The first-order valence-corrected chi connectivity index (χ1v) is 6.40. The Morgan fingerprint density at radius 2 is 1.72 bits per heavy atom. The molecule has 0 aliphatic heterocycles. The van der Waals surface area contributed by atoms with Crippen molar-refractivity contribution in [1.82, 2.24) is 10.3 Å². The van der Waals surface area contributed by atoms with Crippen LogP contribution in [-0.2, 0) is 4.79 Å². The Labute approximate surface area is 115 Å². The molecule has 0 fully saturated rings. The fraction of sp³-hybridized carbons (Fsp3) is 0.417. The second kappa shape index (κ2) is 8.63. The van der Waals surface area contributed by atoms with E-state index in [0.717, 1.165) is 0 Å². The molecule has 18 heavy (non-hydrogen) atoms. The molecule has 0 aliphatic rings. The second-order valence-electron chi connectivity index (χ2n) is 3.52. The number of nitrogens with one attached hydrogen (secondary N) is 1. The van der Waals surface area contributed by atoms with E-state index in [1.54, 1.807) is 12.4 Å². The van der Waals surface area contributed by atoms with Gasteiger partial charge < -0.3 is 5.73 Å². The first kappa shape index (κ1) is 16.6. The number of urea groups is 1. The summed E-state index contributed by atoms with van der Waals surface area (Å²) in [5.74, 6) is -0.375. The molecule has 100 valence electrons. The molecule has 0 saturated heterocycles. The standard InChI is InChI=1S/C7H13BrN2O2.C5H5N/c1-3-7(8,4-2)5(11)10-6(9)12;1-2-4-6-5-3-1/h3-4H2,1-2H3,(H3,9,10,11,12);1-5H. The molecule has 5 nitrogen and oxygen atoms in total. The van der Waals surface area contributed by atoms with Gasteiger partial charge in [-0.15, -0.1) is 0 Å². The third kappa shape index (κ3) is 6.34. The number of alkyl halides is 1. The number of aromatic nitrogens is 1. The molecule has 0 saturated carbocycles. The molecule has 0 aromatic carbocycles. The first-order valence-electron chi connectivity index (χ1n) is 5.61. The summed E-state index contributed by atoms with van der Waals surface area (Å²) in [5, 5.41) is 2.04. The first-order chi connectivity index (χ1) is 8.46. The highest BCUT2D eigenvalue weighted by Crippen LogP contribution is 2.26. The molecule has 0 spiro atoms. The summed E-state index contributed by atoms with van der Waals surface area (Å²) in [5.41, 5.74) is 4.81. The molecule has 0 unspecified atom stereocenters. The van der Waals surface area contributed by atoms with E-state index in [1.807, 2.05) is 37.4 Å². The summed E-state index contributed by atoms with van der Waals surface area (Å²) < 4.78 is -0.665. The summed E-state index contributed by atoms with van der Waals surface area (Å²) in [4.78, 5) is 25.4. The Morgan fingerprint density at radius 1 is 1.22 bits per heavy atom. The number of nitrogens with zero attached hydrogens (tertiary/aromatic N) is 1. The van der Waals surface area contributed by atoms with E-state index in [2.05, 4.69) is 20.9 Å². The van der Waals surface area contributed by atoms with Crippen LogP contribution in [0.25, 0.3) is 0 Å². The van der Waals surface area contributed by atoms with Crippen LogP contribution < -0.4 is 11.1 Å². The molecule has 6 heteroatoms. The lowest BCUT2D eigenvalue weighted by Crippen LogP contribution is -2.46. The van der Waals surface area contributed by atoms with Crippen LogP contribution in [0.2, 0.25) is 0 Å². The number of hydrogen-bond acceptors (Lipinski definition) is 3. The number of imide groups is 1. The average molecular weight is 316 g/mol. The van der Waals surface area contributed by atoms with Crippen molar-refractivity contribution in [3.8, 4) is 0 Å². The van der Waals surface area contributed by atoms with Crippen molar-refractivity contribution in [2.75, 3.05) is 0 Å². The molecule has 3 amide bonds. The van der Waals surface area contributed by atoms with E-state index in [1.165, 1.54) is 0 Å². The summed E-state index contributed by atoms with van der Waals surface area (Å²) in [6.07, 6.45) is 4.73. The van der Waals surface area contributed by atoms with Crippen molar-refractivity contribution in [3.05, 3.63) is 30.6 Å². The van der Waals surface area contributed by atoms with Gasteiger partial charge in [-0.25, -0.2) is 4.79 Å². The van der Waals surface area contributed by atoms with Crippen molar-refractivity contribution in [2.24, 2.45) is 5.73 Å². The maximum absolute atomic E-state index is 11.3. The Balaban J connectivity index is 0.000000397. The highest BCUT2D eigenvalue weighted by Gasteiger charge is 2.32. The number of carbonyl (C=O) groups excluding carboxylic acids is 2. The van der Waals surface area contributed by atoms with Crippen LogP contribution >= 0.6 is 15.9 Å². The normalized spacial score (nSPS) is 9.94. The second-order valence-corrected chi connectivity index (χ2v) is 5.03. The van der Waals surface area contributed by atoms with E-state index >= 15 is 0 Å². The average Bonchev–Trinajstić information content (AvgIpc) is 2.39. The number of nitrogens with two attached hydrogens (primary N) is 1. The molecule has 1 heterocycles. The van der Waals surface area contributed by atoms with Crippen LogP contribution in [0.3, 0.4) is 0 Å². The number of rotatable bonds is 3. The molecular formula is C12H18BrN3O2. The molecule has 1 rings (SSSR count). The zero-order valence-electron chi connectivity index (χ0n) is 10.5. The van der Waals surface area contributed by atoms with Gasteiger partial charge in [0, 0.05) is 12.4 Å². The van der Waals surface area contributed by atoms with Crippen LogP contribution in [0.1, 0.15) is 26.7 Å². The minimum atomic E-state index is -0.814. The summed E-state index contributed by atoms with van der Waals surface area (Å²) in [7, 11) is 0. The van der Waals surface area contributed by atoms with Gasteiger partial charge in [-0.2, -0.15) is 0 Å². The lowest BCUT2D eigenvalue weighted by atomic mass is 10.0. The highest BCUT2D eigenvalue weighted by molar-refractivity contribution is 9.10. The monoisotopic (exact) mass is 315 g/mol. The van der Waals surface area contributed by atoms with E-state index in [4.69, 9.17) is 5.73 Å². The van der Waals surface area contributed by atoms with Crippen molar-refractivity contribution in [1.29, 1.82) is 0 Å². The number of halogens is 1. The van der Waals surface area contributed by atoms with Crippen LogP contribution in [0.15, 0.2) is 30.6 Å². The lowest BCUT2D eigenvalue weighted by Gasteiger charge is -2.21. The highest BCUT2D eigenvalue weighted by atomic mass is 79.9. The van der Waals surface area contributed by atoms with E-state index < -0.39 is 10.4 Å². The third-order valence-electron chi connectivity index (χ3n) is 2.33. The molecule has 3 N–H and O–H groups in total. The van der Waals surface area contributed by atoms with Crippen LogP contribution in [0, 0.1) is 0 Å². The van der Waals surface area contributed by atoms with Crippen molar-refractivity contribution in [3.63, 3.8) is 0 Å².